The summed E-state index contributed by atoms with van der Waals surface area (Å²) in [6, 6.07) is 6.37. The fourth-order valence-corrected chi connectivity index (χ4v) is 3.26. The highest BCUT2D eigenvalue weighted by Crippen LogP contribution is 2.30. The van der Waals surface area contributed by atoms with E-state index in [0.29, 0.717) is 12.5 Å². The molecule has 3 nitrogen and oxygen atoms in total. The van der Waals surface area contributed by atoms with E-state index in [1.54, 1.807) is 23.5 Å². The number of aliphatic hydroxyl groups excluding tert-OH is 1. The fourth-order valence-electron chi connectivity index (χ4n) is 2.39. The van der Waals surface area contributed by atoms with Gasteiger partial charge in [-0.3, -0.25) is 0 Å². The molecule has 1 aliphatic heterocycles. The van der Waals surface area contributed by atoms with E-state index in [2.05, 4.69) is 16.8 Å². The first-order valence-electron chi connectivity index (χ1n) is 6.78. The lowest BCUT2D eigenvalue weighted by atomic mass is 9.96. The third-order valence-corrected chi connectivity index (χ3v) is 4.72. The van der Waals surface area contributed by atoms with Crippen molar-refractivity contribution in [2.75, 3.05) is 18.0 Å². The number of anilines is 1. The number of hydrogen-bond donors (Lipinski definition) is 1. The first-order valence-corrected chi connectivity index (χ1v) is 7.66. The average Bonchev–Trinajstić information content (AvgIpc) is 2.92. The van der Waals surface area contributed by atoms with Gasteiger partial charge in [-0.25, -0.2) is 9.37 Å². The molecule has 0 spiro atoms. The van der Waals surface area contributed by atoms with Crippen LogP contribution in [0.25, 0.3) is 11.3 Å². The topological polar surface area (TPSA) is 36.4 Å². The van der Waals surface area contributed by atoms with E-state index in [9.17, 15) is 9.50 Å². The van der Waals surface area contributed by atoms with Gasteiger partial charge in [-0.15, -0.1) is 11.3 Å². The Balaban J connectivity index is 1.78. The minimum atomic E-state index is -0.290. The van der Waals surface area contributed by atoms with Crippen molar-refractivity contribution in [2.45, 2.75) is 19.4 Å². The van der Waals surface area contributed by atoms with Crippen LogP contribution in [-0.4, -0.2) is 29.3 Å². The largest absolute Gasteiger partial charge is 0.391 e. The van der Waals surface area contributed by atoms with Crippen LogP contribution in [-0.2, 0) is 0 Å². The van der Waals surface area contributed by atoms with E-state index in [4.69, 9.17) is 0 Å². The van der Waals surface area contributed by atoms with Gasteiger partial charge in [0, 0.05) is 24.0 Å². The van der Waals surface area contributed by atoms with Gasteiger partial charge in [0.1, 0.15) is 5.82 Å². The van der Waals surface area contributed by atoms with E-state index >= 15 is 0 Å². The highest BCUT2D eigenvalue weighted by molar-refractivity contribution is 7.14. The molecular formula is C15H17FN2OS. The quantitative estimate of drug-likeness (QED) is 0.923. The number of thiazole rings is 1. The Kier molecular flexibility index (Phi) is 3.72. The molecule has 0 bridgehead atoms. The minimum absolute atomic E-state index is 0.239. The maximum absolute atomic E-state index is 12.9. The van der Waals surface area contributed by atoms with E-state index in [1.165, 1.54) is 12.1 Å². The SMILES string of the molecule is CC1CCN(c2nc(-c3ccc(F)cc3)cs2)CC1O. The number of rotatable bonds is 2. The van der Waals surface area contributed by atoms with Crippen LogP contribution in [0.1, 0.15) is 13.3 Å². The van der Waals surface area contributed by atoms with Gasteiger partial charge in [-0.1, -0.05) is 6.92 Å². The highest BCUT2D eigenvalue weighted by Gasteiger charge is 2.25. The Hall–Kier alpha value is -1.46. The summed E-state index contributed by atoms with van der Waals surface area (Å²) in [7, 11) is 0. The number of aliphatic hydroxyl groups is 1. The molecule has 1 aliphatic rings. The van der Waals surface area contributed by atoms with E-state index < -0.39 is 0 Å². The zero-order valence-electron chi connectivity index (χ0n) is 11.3. The van der Waals surface area contributed by atoms with Crippen molar-refractivity contribution in [2.24, 2.45) is 5.92 Å². The standard InChI is InChI=1S/C15H17FN2OS/c1-10-6-7-18(8-14(10)19)15-17-13(9-20-15)11-2-4-12(16)5-3-11/h2-5,9-10,14,19H,6-8H2,1H3. The Morgan fingerprint density at radius 3 is 2.80 bits per heavy atom. The van der Waals surface area contributed by atoms with Crippen LogP contribution in [0, 0.1) is 11.7 Å². The maximum Gasteiger partial charge on any atom is 0.185 e. The summed E-state index contributed by atoms with van der Waals surface area (Å²) in [5.41, 5.74) is 1.78. The Morgan fingerprint density at radius 1 is 1.35 bits per heavy atom. The van der Waals surface area contributed by atoms with Crippen molar-refractivity contribution < 1.29 is 9.50 Å². The number of hydrogen-bond acceptors (Lipinski definition) is 4. The smallest absolute Gasteiger partial charge is 0.185 e. The number of β-amino-alcohol motifs (C(OH)–C–C–N with tert-alkyl or cyclic N) is 1. The Labute approximate surface area is 121 Å². The second-order valence-corrected chi connectivity index (χ2v) is 6.14. The van der Waals surface area contributed by atoms with E-state index in [0.717, 1.165) is 29.4 Å². The first kappa shape index (κ1) is 13.5. The van der Waals surface area contributed by atoms with Gasteiger partial charge in [-0.05, 0) is 36.6 Å². The number of benzene rings is 1. The minimum Gasteiger partial charge on any atom is -0.391 e. The van der Waals surface area contributed by atoms with Crippen molar-refractivity contribution in [3.8, 4) is 11.3 Å². The summed E-state index contributed by atoms with van der Waals surface area (Å²) in [5.74, 6) is 0.111. The van der Waals surface area contributed by atoms with Crippen LogP contribution in [0.15, 0.2) is 29.6 Å². The summed E-state index contributed by atoms with van der Waals surface area (Å²) in [6.45, 7) is 3.64. The van der Waals surface area contributed by atoms with E-state index in [-0.39, 0.29) is 11.9 Å². The molecule has 1 fully saturated rings. The molecule has 1 N–H and O–H groups in total. The summed E-state index contributed by atoms with van der Waals surface area (Å²) in [4.78, 5) is 6.73. The van der Waals surface area contributed by atoms with Crippen molar-refractivity contribution in [3.05, 3.63) is 35.5 Å². The molecule has 1 saturated heterocycles. The molecule has 0 radical (unpaired) electrons. The number of nitrogens with zero attached hydrogens (tertiary/aromatic N) is 2. The molecule has 0 aliphatic carbocycles. The monoisotopic (exact) mass is 292 g/mol. The van der Waals surface area contributed by atoms with Crippen LogP contribution in [0.3, 0.4) is 0 Å². The normalized spacial score (nSPS) is 23.1. The van der Waals surface area contributed by atoms with Crippen LogP contribution < -0.4 is 4.90 Å². The van der Waals surface area contributed by atoms with Crippen LogP contribution in [0.5, 0.6) is 0 Å². The summed E-state index contributed by atoms with van der Waals surface area (Å²) < 4.78 is 12.9. The first-order chi connectivity index (χ1) is 9.63. The van der Waals surface area contributed by atoms with Crippen LogP contribution in [0.4, 0.5) is 9.52 Å². The molecule has 106 valence electrons. The summed E-state index contributed by atoms with van der Waals surface area (Å²) in [6.07, 6.45) is 0.689. The molecule has 1 aromatic heterocycles. The lowest BCUT2D eigenvalue weighted by molar-refractivity contribution is 0.103. The third-order valence-electron chi connectivity index (χ3n) is 3.82. The number of halogens is 1. The van der Waals surface area contributed by atoms with Crippen molar-refractivity contribution in [3.63, 3.8) is 0 Å². The maximum atomic E-state index is 12.9. The van der Waals surface area contributed by atoms with Gasteiger partial charge >= 0.3 is 0 Å². The molecule has 5 heteroatoms. The molecule has 2 aromatic rings. The van der Waals surface area contributed by atoms with Crippen LogP contribution >= 0.6 is 11.3 Å². The van der Waals surface area contributed by atoms with Gasteiger partial charge < -0.3 is 10.0 Å². The molecule has 0 amide bonds. The fraction of sp³-hybridized carbons (Fsp3) is 0.400. The van der Waals surface area contributed by atoms with Crippen molar-refractivity contribution >= 4 is 16.5 Å². The molecule has 3 rings (SSSR count). The summed E-state index contributed by atoms with van der Waals surface area (Å²) in [5, 5.41) is 12.9. The summed E-state index contributed by atoms with van der Waals surface area (Å²) >= 11 is 1.57. The Bertz CT molecular complexity index is 584. The molecule has 2 unspecified atom stereocenters. The Morgan fingerprint density at radius 2 is 2.10 bits per heavy atom. The lowest BCUT2D eigenvalue weighted by Gasteiger charge is -2.33. The zero-order chi connectivity index (χ0) is 14.1. The number of aromatic nitrogens is 1. The molecule has 2 atom stereocenters. The van der Waals surface area contributed by atoms with Gasteiger partial charge in [-0.2, -0.15) is 0 Å². The van der Waals surface area contributed by atoms with E-state index in [1.807, 2.05) is 5.38 Å². The molecule has 1 aromatic carbocycles. The molecule has 20 heavy (non-hydrogen) atoms. The molecule has 2 heterocycles. The average molecular weight is 292 g/mol. The van der Waals surface area contributed by atoms with Crippen molar-refractivity contribution in [1.82, 2.24) is 4.98 Å². The van der Waals surface area contributed by atoms with Gasteiger partial charge in [0.2, 0.25) is 0 Å². The highest BCUT2D eigenvalue weighted by atomic mass is 32.1. The molecule has 0 saturated carbocycles. The van der Waals surface area contributed by atoms with Crippen LogP contribution in [0.2, 0.25) is 0 Å². The second kappa shape index (κ2) is 5.50. The predicted molar refractivity (Wildman–Crippen MR) is 79.5 cm³/mol. The second-order valence-electron chi connectivity index (χ2n) is 5.30. The molecular weight excluding hydrogens is 275 g/mol. The zero-order valence-corrected chi connectivity index (χ0v) is 12.1. The third kappa shape index (κ3) is 2.69. The van der Waals surface area contributed by atoms with Gasteiger partial charge in [0.25, 0.3) is 0 Å². The van der Waals surface area contributed by atoms with Crippen molar-refractivity contribution in [1.29, 1.82) is 0 Å². The van der Waals surface area contributed by atoms with Gasteiger partial charge in [0.05, 0.1) is 11.8 Å². The number of piperidine rings is 1. The van der Waals surface area contributed by atoms with Gasteiger partial charge in [0.15, 0.2) is 5.13 Å². The predicted octanol–water partition coefficient (Wildman–Crippen LogP) is 3.16. The lowest BCUT2D eigenvalue weighted by Crippen LogP contribution is -2.42.